The van der Waals surface area contributed by atoms with Crippen molar-refractivity contribution in [2.24, 2.45) is 0 Å². The van der Waals surface area contributed by atoms with E-state index in [0.29, 0.717) is 26.1 Å². The SMILES string of the molecule is CC(C)(CNC(=O)Cc1c[nH]c2ccccc12)N1CCOC1=O. The lowest BCUT2D eigenvalue weighted by atomic mass is 10.0. The third-order valence-corrected chi connectivity index (χ3v) is 4.24. The summed E-state index contributed by atoms with van der Waals surface area (Å²) in [5.41, 5.74) is 1.52. The first-order chi connectivity index (χ1) is 11.0. The number of H-pyrrole nitrogens is 1. The Bertz CT molecular complexity index is 736. The molecule has 1 aliphatic heterocycles. The number of aromatic amines is 1. The van der Waals surface area contributed by atoms with Crippen LogP contribution in [0.25, 0.3) is 10.9 Å². The van der Waals surface area contributed by atoms with Crippen molar-refractivity contribution in [2.75, 3.05) is 19.7 Å². The van der Waals surface area contributed by atoms with Crippen LogP contribution in [0.15, 0.2) is 30.5 Å². The van der Waals surface area contributed by atoms with Crippen LogP contribution in [-0.4, -0.2) is 47.1 Å². The van der Waals surface area contributed by atoms with Gasteiger partial charge in [-0.1, -0.05) is 18.2 Å². The van der Waals surface area contributed by atoms with Crippen LogP contribution in [0.1, 0.15) is 19.4 Å². The molecule has 0 aliphatic carbocycles. The van der Waals surface area contributed by atoms with E-state index in [1.54, 1.807) is 4.90 Å². The summed E-state index contributed by atoms with van der Waals surface area (Å²) in [4.78, 5) is 28.7. The Morgan fingerprint density at radius 3 is 2.91 bits per heavy atom. The topological polar surface area (TPSA) is 74.4 Å². The number of cyclic esters (lactones) is 1. The molecule has 1 aromatic carbocycles. The lowest BCUT2D eigenvalue weighted by Gasteiger charge is -2.33. The van der Waals surface area contributed by atoms with E-state index in [4.69, 9.17) is 4.74 Å². The molecule has 2 heterocycles. The number of hydrogen-bond acceptors (Lipinski definition) is 3. The molecule has 2 aromatic rings. The van der Waals surface area contributed by atoms with Gasteiger partial charge in [-0.05, 0) is 25.5 Å². The van der Waals surface area contributed by atoms with E-state index in [2.05, 4.69) is 10.3 Å². The summed E-state index contributed by atoms with van der Waals surface area (Å²) in [6.45, 7) is 5.20. The second-order valence-corrected chi connectivity index (χ2v) is 6.39. The fraction of sp³-hybridized carbons (Fsp3) is 0.412. The number of aromatic nitrogens is 1. The number of fused-ring (bicyclic) bond motifs is 1. The molecule has 0 bridgehead atoms. The number of ether oxygens (including phenoxy) is 1. The summed E-state index contributed by atoms with van der Waals surface area (Å²) < 4.78 is 4.96. The smallest absolute Gasteiger partial charge is 0.410 e. The highest BCUT2D eigenvalue weighted by Gasteiger charge is 2.35. The number of carbonyl (C=O) groups excluding carboxylic acids is 2. The highest BCUT2D eigenvalue weighted by atomic mass is 16.6. The van der Waals surface area contributed by atoms with E-state index >= 15 is 0 Å². The minimum Gasteiger partial charge on any atom is -0.448 e. The molecule has 0 atom stereocenters. The lowest BCUT2D eigenvalue weighted by molar-refractivity contribution is -0.120. The van der Waals surface area contributed by atoms with Crippen LogP contribution in [0.5, 0.6) is 0 Å². The molecule has 0 spiro atoms. The molecule has 3 rings (SSSR count). The Labute approximate surface area is 134 Å². The van der Waals surface area contributed by atoms with Gasteiger partial charge in [0, 0.05) is 23.6 Å². The van der Waals surface area contributed by atoms with Crippen LogP contribution in [0.3, 0.4) is 0 Å². The molecule has 6 heteroatoms. The van der Waals surface area contributed by atoms with Crippen LogP contribution >= 0.6 is 0 Å². The molecular formula is C17H21N3O3. The molecule has 6 nitrogen and oxygen atoms in total. The van der Waals surface area contributed by atoms with Crippen molar-refractivity contribution < 1.29 is 14.3 Å². The molecule has 2 N–H and O–H groups in total. The quantitative estimate of drug-likeness (QED) is 0.887. The monoisotopic (exact) mass is 315 g/mol. The zero-order valence-electron chi connectivity index (χ0n) is 13.4. The zero-order chi connectivity index (χ0) is 16.4. The number of rotatable bonds is 5. The minimum absolute atomic E-state index is 0.0598. The van der Waals surface area contributed by atoms with Crippen molar-refractivity contribution in [3.05, 3.63) is 36.0 Å². The maximum absolute atomic E-state index is 12.2. The summed E-state index contributed by atoms with van der Waals surface area (Å²) in [7, 11) is 0. The molecule has 23 heavy (non-hydrogen) atoms. The van der Waals surface area contributed by atoms with Gasteiger partial charge in [0.1, 0.15) is 6.61 Å². The maximum Gasteiger partial charge on any atom is 0.410 e. The standard InChI is InChI=1S/C17H21N3O3/c1-17(2,20-7-8-23-16(20)22)11-19-15(21)9-12-10-18-14-6-4-3-5-13(12)14/h3-6,10,18H,7-9,11H2,1-2H3,(H,19,21). The van der Waals surface area contributed by atoms with E-state index in [0.717, 1.165) is 16.5 Å². The molecule has 1 saturated heterocycles. The summed E-state index contributed by atoms with van der Waals surface area (Å²) in [5.74, 6) is -0.0598. The molecule has 0 unspecified atom stereocenters. The van der Waals surface area contributed by atoms with Crippen LogP contribution < -0.4 is 5.32 Å². The number of carbonyl (C=O) groups is 2. The normalized spacial score (nSPS) is 15.0. The number of nitrogens with zero attached hydrogens (tertiary/aromatic N) is 1. The van der Waals surface area contributed by atoms with E-state index in [9.17, 15) is 9.59 Å². The fourth-order valence-electron chi connectivity index (χ4n) is 2.87. The van der Waals surface area contributed by atoms with E-state index in [1.165, 1.54) is 0 Å². The van der Waals surface area contributed by atoms with Crippen molar-refractivity contribution in [1.29, 1.82) is 0 Å². The molecule has 0 saturated carbocycles. The average molecular weight is 315 g/mol. The Morgan fingerprint density at radius 1 is 1.39 bits per heavy atom. The van der Waals surface area contributed by atoms with Gasteiger partial charge in [-0.15, -0.1) is 0 Å². The zero-order valence-corrected chi connectivity index (χ0v) is 13.4. The van der Waals surface area contributed by atoms with Gasteiger partial charge >= 0.3 is 6.09 Å². The van der Waals surface area contributed by atoms with Crippen molar-refractivity contribution in [3.8, 4) is 0 Å². The van der Waals surface area contributed by atoms with Gasteiger partial charge < -0.3 is 15.0 Å². The summed E-state index contributed by atoms with van der Waals surface area (Å²) in [6.07, 6.45) is 1.86. The van der Waals surface area contributed by atoms with E-state index < -0.39 is 5.54 Å². The molecule has 2 amide bonds. The molecule has 0 radical (unpaired) electrons. The van der Waals surface area contributed by atoms with Gasteiger partial charge in [0.05, 0.1) is 18.5 Å². The number of para-hydroxylation sites is 1. The van der Waals surface area contributed by atoms with Crippen molar-refractivity contribution >= 4 is 22.9 Å². The van der Waals surface area contributed by atoms with Crippen LogP contribution in [-0.2, 0) is 16.0 Å². The maximum atomic E-state index is 12.2. The van der Waals surface area contributed by atoms with Gasteiger partial charge in [-0.2, -0.15) is 0 Å². The van der Waals surface area contributed by atoms with Crippen molar-refractivity contribution in [3.63, 3.8) is 0 Å². The minimum atomic E-state index is -0.469. The predicted molar refractivity (Wildman–Crippen MR) is 87.1 cm³/mol. The van der Waals surface area contributed by atoms with Gasteiger partial charge in [-0.3, -0.25) is 9.69 Å². The first-order valence-corrected chi connectivity index (χ1v) is 7.73. The van der Waals surface area contributed by atoms with E-state index in [-0.39, 0.29) is 12.0 Å². The molecule has 1 fully saturated rings. The fourth-order valence-corrected chi connectivity index (χ4v) is 2.87. The third-order valence-electron chi connectivity index (χ3n) is 4.24. The lowest BCUT2D eigenvalue weighted by Crippen LogP contribution is -2.52. The van der Waals surface area contributed by atoms with Crippen molar-refractivity contribution in [1.82, 2.24) is 15.2 Å². The molecule has 122 valence electrons. The van der Waals surface area contributed by atoms with Crippen LogP contribution in [0, 0.1) is 0 Å². The Hall–Kier alpha value is -2.50. The van der Waals surface area contributed by atoms with Crippen LogP contribution in [0.4, 0.5) is 4.79 Å². The first kappa shape index (κ1) is 15.4. The van der Waals surface area contributed by atoms with Gasteiger partial charge in [0.15, 0.2) is 0 Å². The Balaban J connectivity index is 1.60. The number of hydrogen-bond donors (Lipinski definition) is 2. The summed E-state index contributed by atoms with van der Waals surface area (Å²) in [6, 6.07) is 7.90. The highest BCUT2D eigenvalue weighted by molar-refractivity contribution is 5.88. The van der Waals surface area contributed by atoms with E-state index in [1.807, 2.05) is 44.3 Å². The highest BCUT2D eigenvalue weighted by Crippen LogP contribution is 2.20. The second kappa shape index (κ2) is 5.95. The van der Waals surface area contributed by atoms with Crippen LogP contribution in [0.2, 0.25) is 0 Å². The second-order valence-electron chi connectivity index (χ2n) is 6.39. The first-order valence-electron chi connectivity index (χ1n) is 7.73. The average Bonchev–Trinajstić information content (AvgIpc) is 3.13. The number of benzene rings is 1. The molecule has 1 aliphatic rings. The van der Waals surface area contributed by atoms with Crippen molar-refractivity contribution in [2.45, 2.75) is 25.8 Å². The summed E-state index contributed by atoms with van der Waals surface area (Å²) >= 11 is 0. The Kier molecular flexibility index (Phi) is 3.98. The summed E-state index contributed by atoms with van der Waals surface area (Å²) in [5, 5.41) is 3.98. The van der Waals surface area contributed by atoms with Gasteiger partial charge in [0.25, 0.3) is 0 Å². The Morgan fingerprint density at radius 2 is 2.17 bits per heavy atom. The predicted octanol–water partition coefficient (Wildman–Crippen LogP) is 2.06. The number of amides is 2. The third kappa shape index (κ3) is 3.16. The number of nitrogens with one attached hydrogen (secondary N) is 2. The largest absolute Gasteiger partial charge is 0.448 e. The molecule has 1 aromatic heterocycles. The molecular weight excluding hydrogens is 294 g/mol. The van der Waals surface area contributed by atoms with Gasteiger partial charge in [-0.25, -0.2) is 4.79 Å². The van der Waals surface area contributed by atoms with Gasteiger partial charge in [0.2, 0.25) is 5.91 Å².